The van der Waals surface area contributed by atoms with E-state index >= 15 is 0 Å². The maximum Gasteiger partial charge on any atom is 0.359 e. The molecule has 0 aromatic carbocycles. The lowest BCUT2D eigenvalue weighted by atomic mass is 10.00. The van der Waals surface area contributed by atoms with Gasteiger partial charge in [-0.2, -0.15) is 0 Å². The third-order valence-electron chi connectivity index (χ3n) is 1.84. The fourth-order valence-electron chi connectivity index (χ4n) is 0.387. The summed E-state index contributed by atoms with van der Waals surface area (Å²) in [6, 6.07) is 0. The molecule has 0 aromatic rings. The van der Waals surface area contributed by atoms with Crippen molar-refractivity contribution < 1.29 is 0 Å². The second kappa shape index (κ2) is 2.54. The molecule has 58 valence electrons. The molecule has 0 rings (SSSR count). The van der Waals surface area contributed by atoms with E-state index in [1.54, 1.807) is 20.9 Å². The Labute approximate surface area is 61.4 Å². The molecule has 4 heteroatoms. The van der Waals surface area contributed by atoms with Crippen LogP contribution >= 0.6 is 0 Å². The minimum Gasteiger partial charge on any atom is -0.305 e. The first-order valence-corrected chi connectivity index (χ1v) is 3.06. The van der Waals surface area contributed by atoms with E-state index in [2.05, 4.69) is 10.2 Å². The lowest BCUT2D eigenvalue weighted by Gasteiger charge is -2.27. The van der Waals surface area contributed by atoms with E-state index in [1.807, 2.05) is 0 Å². The van der Waals surface area contributed by atoms with Crippen molar-refractivity contribution in [3.63, 3.8) is 0 Å². The molecule has 0 aliphatic carbocycles. The largest absolute Gasteiger partial charge is 0.359 e. The summed E-state index contributed by atoms with van der Waals surface area (Å²) in [5, 5.41) is 2.81. The lowest BCUT2D eigenvalue weighted by Crippen LogP contribution is -2.67. The van der Waals surface area contributed by atoms with Crippen molar-refractivity contribution in [2.45, 2.75) is 25.2 Å². The second-order valence-corrected chi connectivity index (χ2v) is 2.73. The summed E-state index contributed by atoms with van der Waals surface area (Å²) in [7, 11) is 1.70. The average molecular weight is 143 g/mol. The van der Waals surface area contributed by atoms with Crippen molar-refractivity contribution in [1.29, 1.82) is 0 Å². The molecule has 0 heterocycles. The van der Waals surface area contributed by atoms with Gasteiger partial charge in [0.25, 0.3) is 6.57 Å². The standard InChI is InChI=1S/C6H15N4/c1-5(7,9-3)6(2,8)10-4/h3,10H,7-8H2,1-2,4H3/q+1/t5-,6+/m1/s1. The van der Waals surface area contributed by atoms with Crippen LogP contribution in [0.5, 0.6) is 0 Å². The van der Waals surface area contributed by atoms with Gasteiger partial charge in [-0.3, -0.25) is 11.1 Å². The van der Waals surface area contributed by atoms with Crippen molar-refractivity contribution in [3.8, 4) is 6.57 Å². The molecule has 0 unspecified atom stereocenters. The fraction of sp³-hybridized carbons (Fsp3) is 0.833. The third kappa shape index (κ3) is 1.45. The highest BCUT2D eigenvalue weighted by Gasteiger charge is 2.47. The van der Waals surface area contributed by atoms with Crippen LogP contribution in [0.15, 0.2) is 0 Å². The highest BCUT2D eigenvalue weighted by atomic mass is 15.2. The van der Waals surface area contributed by atoms with Crippen molar-refractivity contribution in [2.24, 2.45) is 11.5 Å². The maximum atomic E-state index is 5.69. The monoisotopic (exact) mass is 143 g/mol. The van der Waals surface area contributed by atoms with E-state index in [0.717, 1.165) is 0 Å². The minimum atomic E-state index is -0.943. The second-order valence-electron chi connectivity index (χ2n) is 2.73. The van der Waals surface area contributed by atoms with Crippen LogP contribution in [0, 0.1) is 6.57 Å². The Hall–Kier alpha value is -0.630. The Morgan fingerprint density at radius 1 is 1.40 bits per heavy atom. The van der Waals surface area contributed by atoms with Gasteiger partial charge in [-0.05, 0) is 14.0 Å². The van der Waals surface area contributed by atoms with Crippen molar-refractivity contribution in [2.75, 3.05) is 7.05 Å². The van der Waals surface area contributed by atoms with Gasteiger partial charge in [-0.15, -0.1) is 0 Å². The highest BCUT2D eigenvalue weighted by Crippen LogP contribution is 2.13. The van der Waals surface area contributed by atoms with Crippen LogP contribution in [0.3, 0.4) is 0 Å². The Kier molecular flexibility index (Phi) is 2.38. The lowest BCUT2D eigenvalue weighted by molar-refractivity contribution is 0.270. The highest BCUT2D eigenvalue weighted by molar-refractivity contribution is 5.06. The van der Waals surface area contributed by atoms with Gasteiger partial charge in [0.15, 0.2) is 5.66 Å². The van der Waals surface area contributed by atoms with E-state index in [1.165, 1.54) is 0 Å². The molecular weight excluding hydrogens is 128 g/mol. The van der Waals surface area contributed by atoms with Crippen LogP contribution in [0.25, 0.3) is 4.85 Å². The number of hydrogen-bond acceptors (Lipinski definition) is 3. The molecule has 0 spiro atoms. The van der Waals surface area contributed by atoms with Gasteiger partial charge in [0.05, 0.1) is 0 Å². The Balaban J connectivity index is 4.49. The smallest absolute Gasteiger partial charge is 0.305 e. The Morgan fingerprint density at radius 3 is 1.90 bits per heavy atom. The zero-order chi connectivity index (χ0) is 8.41. The number of hydrogen-bond donors (Lipinski definition) is 3. The van der Waals surface area contributed by atoms with Gasteiger partial charge in [-0.25, -0.2) is 0 Å². The van der Waals surface area contributed by atoms with E-state index < -0.39 is 11.3 Å². The quantitative estimate of drug-likeness (QED) is 0.457. The summed E-state index contributed by atoms with van der Waals surface area (Å²) in [6.07, 6.45) is 0. The Morgan fingerprint density at radius 2 is 1.80 bits per heavy atom. The summed E-state index contributed by atoms with van der Waals surface area (Å²) in [5.41, 5.74) is 9.60. The van der Waals surface area contributed by atoms with Gasteiger partial charge in [-0.1, -0.05) is 4.85 Å². The molecular formula is C6H15N4+. The van der Waals surface area contributed by atoms with Gasteiger partial charge in [0.1, 0.15) is 0 Å². The van der Waals surface area contributed by atoms with Crippen LogP contribution in [-0.4, -0.2) is 18.4 Å². The molecule has 2 atom stereocenters. The molecule has 0 saturated carbocycles. The predicted molar refractivity (Wildman–Crippen MR) is 42.5 cm³/mol. The first-order valence-electron chi connectivity index (χ1n) is 3.06. The van der Waals surface area contributed by atoms with Crippen LogP contribution in [-0.2, 0) is 0 Å². The zero-order valence-electron chi connectivity index (χ0n) is 6.68. The average Bonchev–Trinajstić information content (AvgIpc) is 1.88. The molecule has 5 N–H and O–H groups in total. The van der Waals surface area contributed by atoms with Crippen molar-refractivity contribution in [1.82, 2.24) is 5.32 Å². The summed E-state index contributed by atoms with van der Waals surface area (Å²) in [6.45, 7) is 8.43. The van der Waals surface area contributed by atoms with E-state index in [0.29, 0.717) is 0 Å². The summed E-state index contributed by atoms with van der Waals surface area (Å²) >= 11 is 0. The fourth-order valence-corrected chi connectivity index (χ4v) is 0.387. The van der Waals surface area contributed by atoms with Crippen molar-refractivity contribution in [3.05, 3.63) is 4.85 Å². The first-order chi connectivity index (χ1) is 4.37. The van der Waals surface area contributed by atoms with Gasteiger partial charge in [0, 0.05) is 6.92 Å². The van der Waals surface area contributed by atoms with E-state index in [9.17, 15) is 0 Å². The topological polar surface area (TPSA) is 68.4 Å². The van der Waals surface area contributed by atoms with Gasteiger partial charge >= 0.3 is 5.66 Å². The van der Waals surface area contributed by atoms with Gasteiger partial charge in [0.2, 0.25) is 0 Å². The summed E-state index contributed by atoms with van der Waals surface area (Å²) < 4.78 is 0. The van der Waals surface area contributed by atoms with Crippen LogP contribution in [0.2, 0.25) is 0 Å². The molecule has 0 aromatic heterocycles. The van der Waals surface area contributed by atoms with E-state index in [4.69, 9.17) is 18.0 Å². The van der Waals surface area contributed by atoms with Crippen LogP contribution < -0.4 is 16.8 Å². The number of likely N-dealkylation sites (N-methyl/N-ethyl adjacent to an activating group) is 1. The Bertz CT molecular complexity index is 154. The van der Waals surface area contributed by atoms with Crippen LogP contribution in [0.4, 0.5) is 0 Å². The maximum absolute atomic E-state index is 5.69. The SMILES string of the molecule is C#[N+][C@@](C)(N)[C@@](C)(N)NC. The molecule has 0 saturated heterocycles. The molecule has 4 nitrogen and oxygen atoms in total. The molecule has 0 amide bonds. The number of nitrogens with one attached hydrogen (secondary N) is 1. The molecule has 0 fully saturated rings. The normalized spacial score (nSPS) is 22.4. The molecule has 0 aliphatic rings. The van der Waals surface area contributed by atoms with Crippen LogP contribution in [0.1, 0.15) is 13.8 Å². The molecule has 0 aliphatic heterocycles. The number of nitrogens with zero attached hydrogens (tertiary/aromatic N) is 1. The third-order valence-corrected chi connectivity index (χ3v) is 1.84. The number of rotatable bonds is 2. The summed E-state index contributed by atoms with van der Waals surface area (Å²) in [5.74, 6) is 0. The number of nitrogens with two attached hydrogens (primary N) is 2. The van der Waals surface area contributed by atoms with Crippen molar-refractivity contribution >= 4 is 0 Å². The summed E-state index contributed by atoms with van der Waals surface area (Å²) in [4.78, 5) is 3.45. The first kappa shape index (κ1) is 9.37. The van der Waals surface area contributed by atoms with E-state index in [-0.39, 0.29) is 0 Å². The molecule has 10 heavy (non-hydrogen) atoms. The van der Waals surface area contributed by atoms with Gasteiger partial charge < -0.3 is 5.73 Å². The molecule has 0 bridgehead atoms. The minimum absolute atomic E-state index is 0.776. The zero-order valence-corrected chi connectivity index (χ0v) is 6.68. The predicted octanol–water partition coefficient (Wildman–Crippen LogP) is -0.482. The molecule has 0 radical (unpaired) electrons.